The highest BCUT2D eigenvalue weighted by atomic mass is 32.2. The van der Waals surface area contributed by atoms with Crippen LogP contribution in [0.1, 0.15) is 39.2 Å². The Morgan fingerprint density at radius 2 is 1.75 bits per heavy atom. The van der Waals surface area contributed by atoms with Gasteiger partial charge in [-0.2, -0.15) is 0 Å². The molecule has 0 aliphatic heterocycles. The average molecular weight is 296 g/mol. The summed E-state index contributed by atoms with van der Waals surface area (Å²) < 4.78 is 30.0. The summed E-state index contributed by atoms with van der Waals surface area (Å²) >= 11 is 0. The first-order chi connectivity index (χ1) is 9.24. The van der Waals surface area contributed by atoms with Crippen molar-refractivity contribution in [3.63, 3.8) is 0 Å². The van der Waals surface area contributed by atoms with Crippen molar-refractivity contribution in [3.05, 3.63) is 35.9 Å². The molecule has 0 atom stereocenters. The van der Waals surface area contributed by atoms with E-state index < -0.39 is 14.6 Å². The van der Waals surface area contributed by atoms with Gasteiger partial charge >= 0.3 is 0 Å². The van der Waals surface area contributed by atoms with Gasteiger partial charge in [-0.15, -0.1) is 0 Å². The van der Waals surface area contributed by atoms with Crippen LogP contribution < -0.4 is 0 Å². The van der Waals surface area contributed by atoms with Crippen molar-refractivity contribution in [1.29, 1.82) is 0 Å². The van der Waals surface area contributed by atoms with Crippen molar-refractivity contribution < 1.29 is 13.2 Å². The minimum absolute atomic E-state index is 0.201. The molecule has 1 aliphatic carbocycles. The maximum Gasteiger partial charge on any atom is 0.158 e. The minimum atomic E-state index is -3.09. The van der Waals surface area contributed by atoms with Crippen molar-refractivity contribution in [3.8, 4) is 0 Å². The van der Waals surface area contributed by atoms with E-state index in [2.05, 4.69) is 0 Å². The average Bonchev–Trinajstić information content (AvgIpc) is 3.09. The second-order valence-corrected chi connectivity index (χ2v) is 9.37. The summed E-state index contributed by atoms with van der Waals surface area (Å²) in [7, 11) is -3.09. The highest BCUT2D eigenvalue weighted by Crippen LogP contribution is 2.45. The van der Waals surface area contributed by atoms with E-state index in [4.69, 9.17) is 4.74 Å². The summed E-state index contributed by atoms with van der Waals surface area (Å²) in [6.07, 6.45) is 1.47. The SMILES string of the molecule is CC(C)(C)CS(=O)(=O)C1(COCc2ccccc2)CC1. The van der Waals surface area contributed by atoms with E-state index in [0.29, 0.717) is 13.2 Å². The third kappa shape index (κ3) is 3.83. The smallest absolute Gasteiger partial charge is 0.158 e. The number of ether oxygens (including phenoxy) is 1. The van der Waals surface area contributed by atoms with Crippen LogP contribution in [0.5, 0.6) is 0 Å². The van der Waals surface area contributed by atoms with Gasteiger partial charge in [-0.3, -0.25) is 0 Å². The number of hydrogen-bond acceptors (Lipinski definition) is 3. The molecule has 0 N–H and O–H groups in total. The van der Waals surface area contributed by atoms with Gasteiger partial charge in [0, 0.05) is 0 Å². The van der Waals surface area contributed by atoms with E-state index in [1.807, 2.05) is 51.1 Å². The molecule has 112 valence electrons. The molecule has 1 aromatic carbocycles. The fraction of sp³-hybridized carbons (Fsp3) is 0.625. The Kier molecular flexibility index (Phi) is 4.26. The van der Waals surface area contributed by atoms with Gasteiger partial charge in [-0.1, -0.05) is 51.1 Å². The third-order valence-electron chi connectivity index (χ3n) is 3.57. The molecule has 4 heteroatoms. The summed E-state index contributed by atoms with van der Waals surface area (Å²) in [5.41, 5.74) is 0.880. The standard InChI is InChI=1S/C16H24O3S/c1-15(2,3)13-20(17,18)16(9-10-16)12-19-11-14-7-5-4-6-8-14/h4-8H,9-13H2,1-3H3. The first kappa shape index (κ1) is 15.5. The van der Waals surface area contributed by atoms with Crippen LogP contribution in [0.3, 0.4) is 0 Å². The number of rotatable bonds is 6. The molecular weight excluding hydrogens is 272 g/mol. The van der Waals surface area contributed by atoms with Gasteiger partial charge in [0.2, 0.25) is 0 Å². The summed E-state index contributed by atoms with van der Waals surface area (Å²) in [6, 6.07) is 9.86. The van der Waals surface area contributed by atoms with Crippen molar-refractivity contribution in [2.75, 3.05) is 12.4 Å². The van der Waals surface area contributed by atoms with Gasteiger partial charge in [0.25, 0.3) is 0 Å². The van der Waals surface area contributed by atoms with E-state index in [9.17, 15) is 8.42 Å². The van der Waals surface area contributed by atoms with E-state index in [1.54, 1.807) is 0 Å². The van der Waals surface area contributed by atoms with E-state index >= 15 is 0 Å². The predicted molar refractivity (Wildman–Crippen MR) is 81.3 cm³/mol. The molecule has 1 aromatic rings. The fourth-order valence-electron chi connectivity index (χ4n) is 2.34. The van der Waals surface area contributed by atoms with Gasteiger partial charge in [0.05, 0.1) is 23.7 Å². The van der Waals surface area contributed by atoms with Crippen LogP contribution in [-0.4, -0.2) is 25.5 Å². The van der Waals surface area contributed by atoms with E-state index in [1.165, 1.54) is 0 Å². The van der Waals surface area contributed by atoms with Crippen molar-refractivity contribution in [2.24, 2.45) is 5.41 Å². The third-order valence-corrected chi connectivity index (χ3v) is 6.66. The van der Waals surface area contributed by atoms with Gasteiger partial charge < -0.3 is 4.74 Å². The van der Waals surface area contributed by atoms with E-state index in [0.717, 1.165) is 18.4 Å². The lowest BCUT2D eigenvalue weighted by Gasteiger charge is -2.23. The predicted octanol–water partition coefficient (Wildman–Crippen LogP) is 3.20. The Labute approximate surface area is 122 Å². The molecule has 0 radical (unpaired) electrons. The van der Waals surface area contributed by atoms with Crippen LogP contribution >= 0.6 is 0 Å². The van der Waals surface area contributed by atoms with Crippen LogP contribution in [0, 0.1) is 5.41 Å². The quantitative estimate of drug-likeness (QED) is 0.809. The molecule has 0 spiro atoms. The normalized spacial score (nSPS) is 17.9. The number of hydrogen-bond donors (Lipinski definition) is 0. The lowest BCUT2D eigenvalue weighted by Crippen LogP contribution is -2.35. The zero-order valence-corrected chi connectivity index (χ0v) is 13.4. The molecule has 0 amide bonds. The molecule has 3 nitrogen and oxygen atoms in total. The van der Waals surface area contributed by atoms with Crippen molar-refractivity contribution in [2.45, 2.75) is 45.0 Å². The molecule has 0 unspecified atom stereocenters. The first-order valence-electron chi connectivity index (χ1n) is 7.08. The lowest BCUT2D eigenvalue weighted by molar-refractivity contribution is 0.116. The second-order valence-electron chi connectivity index (χ2n) is 6.98. The molecule has 20 heavy (non-hydrogen) atoms. The van der Waals surface area contributed by atoms with Gasteiger partial charge in [0.15, 0.2) is 9.84 Å². The fourth-order valence-corrected chi connectivity index (χ4v) is 4.77. The van der Waals surface area contributed by atoms with Crippen LogP contribution in [0.4, 0.5) is 0 Å². The molecular formula is C16H24O3S. The summed E-state index contributed by atoms with van der Waals surface area (Å²) in [5.74, 6) is 0.231. The van der Waals surface area contributed by atoms with Crippen molar-refractivity contribution >= 4 is 9.84 Å². The monoisotopic (exact) mass is 296 g/mol. The van der Waals surface area contributed by atoms with Gasteiger partial charge in [0.1, 0.15) is 0 Å². The molecule has 0 saturated heterocycles. The highest BCUT2D eigenvalue weighted by molar-refractivity contribution is 7.93. The topological polar surface area (TPSA) is 43.4 Å². The van der Waals surface area contributed by atoms with Crippen LogP contribution in [0.25, 0.3) is 0 Å². The molecule has 0 bridgehead atoms. The lowest BCUT2D eigenvalue weighted by atomic mass is 10.0. The molecule has 1 fully saturated rings. The van der Waals surface area contributed by atoms with Crippen LogP contribution in [0.2, 0.25) is 0 Å². The maximum atomic E-state index is 12.5. The zero-order valence-electron chi connectivity index (χ0n) is 12.6. The summed E-state index contributed by atoms with van der Waals surface area (Å²) in [5, 5.41) is 0. The summed E-state index contributed by atoms with van der Waals surface area (Å²) in [4.78, 5) is 0. The van der Waals surface area contributed by atoms with E-state index in [-0.39, 0.29) is 11.2 Å². The minimum Gasteiger partial charge on any atom is -0.375 e. The number of benzene rings is 1. The molecule has 2 rings (SSSR count). The highest BCUT2D eigenvalue weighted by Gasteiger charge is 2.55. The van der Waals surface area contributed by atoms with Crippen LogP contribution in [-0.2, 0) is 21.2 Å². The Balaban J connectivity index is 1.92. The Morgan fingerprint density at radius 1 is 1.15 bits per heavy atom. The molecule has 0 heterocycles. The molecule has 0 aromatic heterocycles. The Hall–Kier alpha value is -0.870. The molecule has 1 aliphatic rings. The summed E-state index contributed by atoms with van der Waals surface area (Å²) in [6.45, 7) is 6.69. The second kappa shape index (κ2) is 5.49. The van der Waals surface area contributed by atoms with Gasteiger partial charge in [-0.25, -0.2) is 8.42 Å². The maximum absolute atomic E-state index is 12.5. The van der Waals surface area contributed by atoms with Crippen LogP contribution in [0.15, 0.2) is 30.3 Å². The van der Waals surface area contributed by atoms with Crippen molar-refractivity contribution in [1.82, 2.24) is 0 Å². The van der Waals surface area contributed by atoms with Gasteiger partial charge in [-0.05, 0) is 23.8 Å². The Morgan fingerprint density at radius 3 is 2.25 bits per heavy atom. The number of sulfone groups is 1. The molecule has 1 saturated carbocycles. The zero-order chi connectivity index (χ0) is 14.9. The Bertz CT molecular complexity index is 537. The largest absolute Gasteiger partial charge is 0.375 e. The first-order valence-corrected chi connectivity index (χ1v) is 8.73.